The Balaban J connectivity index is 1.68. The van der Waals surface area contributed by atoms with Gasteiger partial charge in [-0.1, -0.05) is 44.2 Å². The largest absolute Gasteiger partial charge is 0.462 e. The Morgan fingerprint density at radius 3 is 2.39 bits per heavy atom. The number of anilines is 1. The molecule has 1 N–H and O–H groups in total. The molecule has 144 valence electrons. The Labute approximate surface area is 168 Å². The summed E-state index contributed by atoms with van der Waals surface area (Å²) in [5, 5.41) is 3.67. The molecule has 0 unspecified atom stereocenters. The molecule has 0 radical (unpaired) electrons. The Hall–Kier alpha value is -2.99. The van der Waals surface area contributed by atoms with Crippen LogP contribution >= 0.6 is 11.3 Å². The summed E-state index contributed by atoms with van der Waals surface area (Å²) in [5.74, 6) is -0.296. The van der Waals surface area contributed by atoms with Gasteiger partial charge in [-0.3, -0.25) is 4.79 Å². The molecule has 0 saturated heterocycles. The first-order valence-electron chi connectivity index (χ1n) is 9.05. The van der Waals surface area contributed by atoms with Crippen molar-refractivity contribution in [2.24, 2.45) is 5.92 Å². The Kier molecular flexibility index (Phi) is 6.21. The predicted octanol–water partition coefficient (Wildman–Crippen LogP) is 5.18. The molecule has 1 amide bonds. The number of benzene rings is 2. The highest BCUT2D eigenvalue weighted by Crippen LogP contribution is 2.28. The molecule has 0 atom stereocenters. The number of nitrogens with zero attached hydrogens (tertiary/aromatic N) is 1. The second-order valence-electron chi connectivity index (χ2n) is 6.82. The van der Waals surface area contributed by atoms with Crippen LogP contribution in [0.5, 0.6) is 0 Å². The number of thiazole rings is 1. The van der Waals surface area contributed by atoms with Crippen LogP contribution < -0.4 is 5.32 Å². The summed E-state index contributed by atoms with van der Waals surface area (Å²) in [6.45, 7) is 6.17. The maximum atomic E-state index is 12.6. The molecule has 1 aromatic heterocycles. The van der Waals surface area contributed by atoms with Crippen molar-refractivity contribution >= 4 is 28.9 Å². The molecule has 0 aliphatic carbocycles. The molecule has 5 nitrogen and oxygen atoms in total. The number of nitrogens with one attached hydrogen (secondary N) is 1. The van der Waals surface area contributed by atoms with E-state index >= 15 is 0 Å². The highest BCUT2D eigenvalue weighted by molar-refractivity contribution is 7.17. The standard InChI is InChI=1S/C22H22N2O3S/c1-14(2)13-27-22(26)17-9-11-18(12-10-17)24-20(25)19-15(3)23-21(28-19)16-7-5-4-6-8-16/h4-12,14H,13H2,1-3H3,(H,24,25). The van der Waals surface area contributed by atoms with E-state index in [0.29, 0.717) is 28.4 Å². The first-order valence-corrected chi connectivity index (χ1v) is 9.87. The number of carbonyl (C=O) groups is 2. The van der Waals surface area contributed by atoms with Gasteiger partial charge in [0.25, 0.3) is 5.91 Å². The highest BCUT2D eigenvalue weighted by Gasteiger charge is 2.17. The van der Waals surface area contributed by atoms with Gasteiger partial charge in [0.1, 0.15) is 9.88 Å². The molecular formula is C22H22N2O3S. The van der Waals surface area contributed by atoms with E-state index in [1.807, 2.05) is 51.1 Å². The number of ether oxygens (including phenoxy) is 1. The molecule has 0 aliphatic rings. The van der Waals surface area contributed by atoms with Gasteiger partial charge in [0, 0.05) is 11.3 Å². The zero-order valence-corrected chi connectivity index (χ0v) is 16.9. The predicted molar refractivity (Wildman–Crippen MR) is 112 cm³/mol. The molecular weight excluding hydrogens is 372 g/mol. The van der Waals surface area contributed by atoms with Crippen LogP contribution in [-0.2, 0) is 4.74 Å². The second-order valence-corrected chi connectivity index (χ2v) is 7.82. The summed E-state index contributed by atoms with van der Waals surface area (Å²) < 4.78 is 5.21. The number of carbonyl (C=O) groups excluding carboxylic acids is 2. The molecule has 0 bridgehead atoms. The number of hydrogen-bond acceptors (Lipinski definition) is 5. The van der Waals surface area contributed by atoms with Gasteiger partial charge in [-0.15, -0.1) is 11.3 Å². The van der Waals surface area contributed by atoms with E-state index in [0.717, 1.165) is 10.6 Å². The van der Waals surface area contributed by atoms with E-state index in [-0.39, 0.29) is 17.8 Å². The number of esters is 1. The van der Waals surface area contributed by atoms with Gasteiger partial charge in [-0.05, 0) is 37.1 Å². The van der Waals surface area contributed by atoms with Crippen molar-refractivity contribution in [3.05, 3.63) is 70.7 Å². The lowest BCUT2D eigenvalue weighted by Gasteiger charge is -2.08. The summed E-state index contributed by atoms with van der Waals surface area (Å²) in [5.41, 5.74) is 2.74. The van der Waals surface area contributed by atoms with Crippen LogP contribution in [-0.4, -0.2) is 23.5 Å². The summed E-state index contributed by atoms with van der Waals surface area (Å²) in [4.78, 5) is 29.7. The zero-order chi connectivity index (χ0) is 20.1. The average Bonchev–Trinajstić information content (AvgIpc) is 3.09. The summed E-state index contributed by atoms with van der Waals surface area (Å²) >= 11 is 1.36. The molecule has 0 saturated carbocycles. The molecule has 3 rings (SSSR count). The normalized spacial score (nSPS) is 10.7. The van der Waals surface area contributed by atoms with Crippen molar-refractivity contribution in [1.29, 1.82) is 0 Å². The van der Waals surface area contributed by atoms with Crippen LogP contribution in [0, 0.1) is 12.8 Å². The van der Waals surface area contributed by atoms with Crippen LogP contribution in [0.1, 0.15) is 39.6 Å². The molecule has 0 spiro atoms. The SMILES string of the molecule is Cc1nc(-c2ccccc2)sc1C(=O)Nc1ccc(C(=O)OCC(C)C)cc1. The molecule has 1 heterocycles. The van der Waals surface area contributed by atoms with E-state index in [9.17, 15) is 9.59 Å². The molecule has 6 heteroatoms. The average molecular weight is 394 g/mol. The lowest BCUT2D eigenvalue weighted by atomic mass is 10.2. The third-order valence-corrected chi connectivity index (χ3v) is 5.16. The fourth-order valence-corrected chi connectivity index (χ4v) is 3.48. The molecule has 0 aliphatic heterocycles. The Morgan fingerprint density at radius 1 is 1.07 bits per heavy atom. The van der Waals surface area contributed by atoms with Gasteiger partial charge < -0.3 is 10.1 Å². The van der Waals surface area contributed by atoms with E-state index in [1.54, 1.807) is 24.3 Å². The van der Waals surface area contributed by atoms with Gasteiger partial charge in [-0.2, -0.15) is 0 Å². The zero-order valence-electron chi connectivity index (χ0n) is 16.1. The lowest BCUT2D eigenvalue weighted by Crippen LogP contribution is -2.12. The topological polar surface area (TPSA) is 68.3 Å². The second kappa shape index (κ2) is 8.80. The van der Waals surface area contributed by atoms with Gasteiger partial charge in [0.15, 0.2) is 0 Å². The van der Waals surface area contributed by atoms with E-state index < -0.39 is 0 Å². The number of hydrogen-bond donors (Lipinski definition) is 1. The minimum Gasteiger partial charge on any atom is -0.462 e. The summed E-state index contributed by atoms with van der Waals surface area (Å²) in [6, 6.07) is 16.4. The quantitative estimate of drug-likeness (QED) is 0.585. The van der Waals surface area contributed by atoms with Crippen molar-refractivity contribution in [1.82, 2.24) is 4.98 Å². The molecule has 28 heavy (non-hydrogen) atoms. The van der Waals surface area contributed by atoms with Crippen molar-refractivity contribution in [3.8, 4) is 10.6 Å². The number of aromatic nitrogens is 1. The smallest absolute Gasteiger partial charge is 0.338 e. The fraction of sp³-hybridized carbons (Fsp3) is 0.227. The molecule has 3 aromatic rings. The summed E-state index contributed by atoms with van der Waals surface area (Å²) in [6.07, 6.45) is 0. The van der Waals surface area contributed by atoms with E-state index in [1.165, 1.54) is 11.3 Å². The van der Waals surface area contributed by atoms with Gasteiger partial charge in [0.05, 0.1) is 17.9 Å². The van der Waals surface area contributed by atoms with Gasteiger partial charge in [-0.25, -0.2) is 9.78 Å². The van der Waals surface area contributed by atoms with Crippen LogP contribution in [0.2, 0.25) is 0 Å². The maximum absolute atomic E-state index is 12.6. The van der Waals surface area contributed by atoms with Crippen molar-refractivity contribution in [3.63, 3.8) is 0 Å². The van der Waals surface area contributed by atoms with Crippen LogP contribution in [0.15, 0.2) is 54.6 Å². The van der Waals surface area contributed by atoms with Crippen LogP contribution in [0.3, 0.4) is 0 Å². The first-order chi connectivity index (χ1) is 13.4. The monoisotopic (exact) mass is 394 g/mol. The lowest BCUT2D eigenvalue weighted by molar-refractivity contribution is 0.0459. The van der Waals surface area contributed by atoms with Crippen molar-refractivity contribution < 1.29 is 14.3 Å². The number of amides is 1. The van der Waals surface area contributed by atoms with Crippen molar-refractivity contribution in [2.45, 2.75) is 20.8 Å². The number of aryl methyl sites for hydroxylation is 1. The third-order valence-electron chi connectivity index (χ3n) is 3.95. The Bertz CT molecular complexity index is 963. The molecule has 2 aromatic carbocycles. The van der Waals surface area contributed by atoms with Crippen LogP contribution in [0.4, 0.5) is 5.69 Å². The third kappa shape index (κ3) is 4.84. The first kappa shape index (κ1) is 19.8. The van der Waals surface area contributed by atoms with E-state index in [2.05, 4.69) is 10.3 Å². The Morgan fingerprint density at radius 2 is 1.75 bits per heavy atom. The molecule has 0 fully saturated rings. The van der Waals surface area contributed by atoms with Crippen molar-refractivity contribution in [2.75, 3.05) is 11.9 Å². The van der Waals surface area contributed by atoms with Crippen LogP contribution in [0.25, 0.3) is 10.6 Å². The highest BCUT2D eigenvalue weighted by atomic mass is 32.1. The van der Waals surface area contributed by atoms with Gasteiger partial charge >= 0.3 is 5.97 Å². The summed E-state index contributed by atoms with van der Waals surface area (Å²) in [7, 11) is 0. The number of rotatable bonds is 6. The minimum atomic E-state index is -0.364. The minimum absolute atomic E-state index is 0.215. The van der Waals surface area contributed by atoms with Gasteiger partial charge in [0.2, 0.25) is 0 Å². The fourth-order valence-electron chi connectivity index (χ4n) is 2.51. The van der Waals surface area contributed by atoms with E-state index in [4.69, 9.17) is 4.74 Å². The maximum Gasteiger partial charge on any atom is 0.338 e.